The van der Waals surface area contributed by atoms with Gasteiger partial charge in [0.2, 0.25) is 0 Å². The number of carbonyl (C=O) groups excluding carboxylic acids is 1. The molecule has 0 aliphatic heterocycles. The van der Waals surface area contributed by atoms with Crippen LogP contribution in [0.25, 0.3) is 0 Å². The normalized spacial score (nSPS) is 12.1. The zero-order valence-electron chi connectivity index (χ0n) is 12.2. The van der Waals surface area contributed by atoms with Crippen molar-refractivity contribution in [3.63, 3.8) is 0 Å². The molecule has 1 heterocycles. The van der Waals surface area contributed by atoms with Crippen molar-refractivity contribution in [1.29, 1.82) is 0 Å². The second kappa shape index (κ2) is 6.85. The molecule has 1 unspecified atom stereocenters. The Hall–Kier alpha value is -2.40. The number of hydrogen-bond donors (Lipinski definition) is 2. The number of amides is 1. The minimum absolute atomic E-state index is 0.0217. The molecule has 2 aromatic rings. The summed E-state index contributed by atoms with van der Waals surface area (Å²) in [7, 11) is 3.91. The van der Waals surface area contributed by atoms with Crippen molar-refractivity contribution in [3.8, 4) is 5.75 Å². The first kappa shape index (κ1) is 15.0. The summed E-state index contributed by atoms with van der Waals surface area (Å²) >= 11 is 0. The predicted molar refractivity (Wildman–Crippen MR) is 81.1 cm³/mol. The van der Waals surface area contributed by atoms with Crippen molar-refractivity contribution < 1.29 is 9.90 Å². The van der Waals surface area contributed by atoms with Crippen LogP contribution in [-0.2, 0) is 0 Å². The average molecular weight is 285 g/mol. The highest BCUT2D eigenvalue weighted by Crippen LogP contribution is 2.15. The molecule has 2 rings (SSSR count). The number of carbonyl (C=O) groups is 1. The zero-order valence-corrected chi connectivity index (χ0v) is 12.2. The second-order valence-electron chi connectivity index (χ2n) is 5.13. The molecule has 0 spiro atoms. The largest absolute Gasteiger partial charge is 0.506 e. The summed E-state index contributed by atoms with van der Waals surface area (Å²) in [5.41, 5.74) is 1.38. The van der Waals surface area contributed by atoms with E-state index < -0.39 is 0 Å². The maximum Gasteiger partial charge on any atom is 0.253 e. The maximum atomic E-state index is 12.3. The molecule has 110 valence electrons. The highest BCUT2D eigenvalue weighted by atomic mass is 16.3. The lowest BCUT2D eigenvalue weighted by molar-refractivity contribution is 0.0929. The van der Waals surface area contributed by atoms with Gasteiger partial charge in [-0.15, -0.1) is 0 Å². The van der Waals surface area contributed by atoms with Gasteiger partial charge in [-0.2, -0.15) is 0 Å². The Morgan fingerprint density at radius 1 is 1.29 bits per heavy atom. The van der Waals surface area contributed by atoms with Crippen molar-refractivity contribution in [1.82, 2.24) is 15.2 Å². The Labute approximate surface area is 124 Å². The lowest BCUT2D eigenvalue weighted by atomic mass is 10.1. The number of nitrogens with one attached hydrogen (secondary N) is 1. The highest BCUT2D eigenvalue weighted by Gasteiger charge is 2.16. The van der Waals surface area contributed by atoms with Gasteiger partial charge in [-0.1, -0.05) is 30.3 Å². The summed E-state index contributed by atoms with van der Waals surface area (Å²) in [5, 5.41) is 12.4. The molecule has 0 saturated carbocycles. The summed E-state index contributed by atoms with van der Waals surface area (Å²) in [4.78, 5) is 18.1. The van der Waals surface area contributed by atoms with E-state index in [1.165, 1.54) is 18.5 Å². The van der Waals surface area contributed by atoms with E-state index in [9.17, 15) is 9.90 Å². The van der Waals surface area contributed by atoms with E-state index in [0.29, 0.717) is 12.1 Å². The molecule has 0 saturated heterocycles. The van der Waals surface area contributed by atoms with Gasteiger partial charge in [0, 0.05) is 12.7 Å². The molecule has 21 heavy (non-hydrogen) atoms. The smallest absolute Gasteiger partial charge is 0.253 e. The minimum atomic E-state index is -0.255. The van der Waals surface area contributed by atoms with E-state index in [-0.39, 0.29) is 17.7 Å². The summed E-state index contributed by atoms with van der Waals surface area (Å²) in [6, 6.07) is 11.1. The van der Waals surface area contributed by atoms with Crippen LogP contribution in [0.15, 0.2) is 48.8 Å². The van der Waals surface area contributed by atoms with Crippen LogP contribution >= 0.6 is 0 Å². The monoisotopic (exact) mass is 285 g/mol. The molecule has 1 amide bonds. The minimum Gasteiger partial charge on any atom is -0.506 e. The van der Waals surface area contributed by atoms with E-state index in [0.717, 1.165) is 5.56 Å². The molecule has 1 aromatic carbocycles. The Kier molecular flexibility index (Phi) is 4.90. The van der Waals surface area contributed by atoms with E-state index in [1.807, 2.05) is 49.3 Å². The summed E-state index contributed by atoms with van der Waals surface area (Å²) in [5.74, 6) is -0.277. The van der Waals surface area contributed by atoms with Crippen LogP contribution in [0.3, 0.4) is 0 Å². The fraction of sp³-hybridized carbons (Fsp3) is 0.250. The van der Waals surface area contributed by atoms with Crippen LogP contribution in [0.4, 0.5) is 0 Å². The van der Waals surface area contributed by atoms with Gasteiger partial charge in [-0.3, -0.25) is 9.78 Å². The van der Waals surface area contributed by atoms with Crippen LogP contribution in [0.1, 0.15) is 22.0 Å². The fourth-order valence-corrected chi connectivity index (χ4v) is 2.08. The number of hydrogen-bond acceptors (Lipinski definition) is 4. The molecule has 5 nitrogen and oxygen atoms in total. The standard InChI is InChI=1S/C16H19N3O2/c1-19(2)11-15(12-6-4-3-5-7-12)18-16(21)13-8-14(20)10-17-9-13/h3-10,15,20H,11H2,1-2H3,(H,18,21). The summed E-state index contributed by atoms with van der Waals surface area (Å²) < 4.78 is 0. The number of pyridine rings is 1. The Morgan fingerprint density at radius 3 is 2.62 bits per heavy atom. The topological polar surface area (TPSA) is 65.5 Å². The molecular weight excluding hydrogens is 266 g/mol. The predicted octanol–water partition coefficient (Wildman–Crippen LogP) is 1.82. The van der Waals surface area contributed by atoms with Crippen molar-refractivity contribution in [2.75, 3.05) is 20.6 Å². The van der Waals surface area contributed by atoms with E-state index >= 15 is 0 Å². The lowest BCUT2D eigenvalue weighted by Gasteiger charge is -2.22. The molecule has 1 aromatic heterocycles. The zero-order chi connectivity index (χ0) is 15.2. The van der Waals surface area contributed by atoms with Gasteiger partial charge in [0.05, 0.1) is 17.8 Å². The Morgan fingerprint density at radius 2 is 2.00 bits per heavy atom. The van der Waals surface area contributed by atoms with Crippen LogP contribution < -0.4 is 5.32 Å². The molecule has 0 aliphatic rings. The molecular formula is C16H19N3O2. The van der Waals surface area contributed by atoms with E-state index in [1.54, 1.807) is 0 Å². The van der Waals surface area contributed by atoms with Gasteiger partial charge >= 0.3 is 0 Å². The number of benzene rings is 1. The third-order valence-electron chi connectivity index (χ3n) is 3.04. The molecule has 0 radical (unpaired) electrons. The molecule has 0 bridgehead atoms. The molecule has 1 atom stereocenters. The number of rotatable bonds is 5. The molecule has 0 aliphatic carbocycles. The summed E-state index contributed by atoms with van der Waals surface area (Å²) in [6.07, 6.45) is 2.73. The van der Waals surface area contributed by atoms with Gasteiger partial charge in [0.15, 0.2) is 0 Å². The quantitative estimate of drug-likeness (QED) is 0.879. The maximum absolute atomic E-state index is 12.3. The van der Waals surface area contributed by atoms with Crippen LogP contribution in [0.5, 0.6) is 5.75 Å². The van der Waals surface area contributed by atoms with Gasteiger partial charge in [0.25, 0.3) is 5.91 Å². The lowest BCUT2D eigenvalue weighted by Crippen LogP contribution is -2.35. The van der Waals surface area contributed by atoms with Gasteiger partial charge in [-0.05, 0) is 25.7 Å². The van der Waals surface area contributed by atoms with Gasteiger partial charge in [-0.25, -0.2) is 0 Å². The summed E-state index contributed by atoms with van der Waals surface area (Å²) in [6.45, 7) is 0.683. The molecule has 2 N–H and O–H groups in total. The third-order valence-corrected chi connectivity index (χ3v) is 3.04. The van der Waals surface area contributed by atoms with Crippen LogP contribution in [-0.4, -0.2) is 41.5 Å². The van der Waals surface area contributed by atoms with E-state index in [2.05, 4.69) is 10.3 Å². The van der Waals surface area contributed by atoms with Crippen molar-refractivity contribution in [2.45, 2.75) is 6.04 Å². The first-order valence-corrected chi connectivity index (χ1v) is 6.71. The Bertz CT molecular complexity index is 599. The Balaban J connectivity index is 2.17. The van der Waals surface area contributed by atoms with Crippen LogP contribution in [0, 0.1) is 0 Å². The number of nitrogens with zero attached hydrogens (tertiary/aromatic N) is 2. The highest BCUT2D eigenvalue weighted by molar-refractivity contribution is 5.94. The first-order valence-electron chi connectivity index (χ1n) is 6.71. The molecule has 0 fully saturated rings. The van der Waals surface area contributed by atoms with Crippen molar-refractivity contribution >= 4 is 5.91 Å². The molecule has 5 heteroatoms. The van der Waals surface area contributed by atoms with E-state index in [4.69, 9.17) is 0 Å². The number of aromatic nitrogens is 1. The first-order chi connectivity index (χ1) is 10.1. The van der Waals surface area contributed by atoms with Gasteiger partial charge < -0.3 is 15.3 Å². The van der Waals surface area contributed by atoms with Crippen molar-refractivity contribution in [3.05, 3.63) is 59.9 Å². The van der Waals surface area contributed by atoms with Crippen LogP contribution in [0.2, 0.25) is 0 Å². The number of aromatic hydroxyl groups is 1. The SMILES string of the molecule is CN(C)CC(NC(=O)c1cncc(O)c1)c1ccccc1. The average Bonchev–Trinajstić information content (AvgIpc) is 2.47. The van der Waals surface area contributed by atoms with Gasteiger partial charge in [0.1, 0.15) is 5.75 Å². The fourth-order valence-electron chi connectivity index (χ4n) is 2.08. The van der Waals surface area contributed by atoms with Crippen molar-refractivity contribution in [2.24, 2.45) is 0 Å². The third kappa shape index (κ3) is 4.29. The second-order valence-corrected chi connectivity index (χ2v) is 5.13. The number of likely N-dealkylation sites (N-methyl/N-ethyl adjacent to an activating group) is 1.